The van der Waals surface area contributed by atoms with Gasteiger partial charge >= 0.3 is 12.1 Å². The summed E-state index contributed by atoms with van der Waals surface area (Å²) >= 11 is 3.42. The van der Waals surface area contributed by atoms with E-state index < -0.39 is 53.0 Å². The Morgan fingerprint density at radius 3 is 2.38 bits per heavy atom. The third kappa shape index (κ3) is 6.55. The summed E-state index contributed by atoms with van der Waals surface area (Å²) in [5.41, 5.74) is -0.242. The molecule has 212 valence electrons. The van der Waals surface area contributed by atoms with Crippen LogP contribution in [0.1, 0.15) is 39.5 Å². The maximum atomic E-state index is 15.0. The van der Waals surface area contributed by atoms with Crippen LogP contribution in [0.25, 0.3) is 0 Å². The van der Waals surface area contributed by atoms with E-state index in [4.69, 9.17) is 9.47 Å². The van der Waals surface area contributed by atoms with Gasteiger partial charge < -0.3 is 20.1 Å². The number of halogens is 6. The van der Waals surface area contributed by atoms with Gasteiger partial charge in [-0.05, 0) is 63.7 Å². The van der Waals surface area contributed by atoms with Crippen molar-refractivity contribution in [3.8, 4) is 5.75 Å². The van der Waals surface area contributed by atoms with E-state index in [1.54, 1.807) is 12.1 Å². The zero-order valence-electron chi connectivity index (χ0n) is 21.1. The van der Waals surface area contributed by atoms with Crippen molar-refractivity contribution in [2.45, 2.75) is 37.5 Å². The van der Waals surface area contributed by atoms with E-state index in [9.17, 15) is 31.5 Å². The van der Waals surface area contributed by atoms with Crippen LogP contribution in [-0.4, -0.2) is 37.8 Å². The van der Waals surface area contributed by atoms with Crippen LogP contribution in [0.2, 0.25) is 0 Å². The quantitative estimate of drug-likeness (QED) is 0.227. The highest BCUT2D eigenvalue weighted by Gasteiger charge is 2.41. The minimum absolute atomic E-state index is 0.0510. The van der Waals surface area contributed by atoms with E-state index >= 15 is 0 Å². The number of alkyl halides is 3. The Morgan fingerprint density at radius 2 is 1.75 bits per heavy atom. The van der Waals surface area contributed by atoms with Crippen LogP contribution in [0.4, 0.5) is 27.6 Å². The fourth-order valence-corrected chi connectivity index (χ4v) is 5.00. The maximum Gasteiger partial charge on any atom is 0.412 e. The maximum absolute atomic E-state index is 15.0. The molecule has 0 radical (unpaired) electrons. The zero-order chi connectivity index (χ0) is 29.0. The molecule has 0 bridgehead atoms. The predicted octanol–water partition coefficient (Wildman–Crippen LogP) is 6.28. The van der Waals surface area contributed by atoms with Crippen molar-refractivity contribution < 1.29 is 41.0 Å². The number of amides is 1. The van der Waals surface area contributed by atoms with Gasteiger partial charge in [0.2, 0.25) is 0 Å². The Kier molecular flexibility index (Phi) is 8.97. The summed E-state index contributed by atoms with van der Waals surface area (Å²) in [4.78, 5) is 25.4. The summed E-state index contributed by atoms with van der Waals surface area (Å²) in [6, 6.07) is 7.87. The molecule has 1 amide bonds. The Bertz CT molecular complexity index is 1380. The van der Waals surface area contributed by atoms with Gasteiger partial charge in [-0.1, -0.05) is 36.4 Å². The van der Waals surface area contributed by atoms with E-state index in [-0.39, 0.29) is 12.0 Å². The fourth-order valence-electron chi connectivity index (χ4n) is 4.51. The van der Waals surface area contributed by atoms with Gasteiger partial charge in [0, 0.05) is 12.1 Å². The lowest BCUT2D eigenvalue weighted by molar-refractivity contribution is -0.144. The molecule has 1 heterocycles. The Morgan fingerprint density at radius 1 is 1.07 bits per heavy atom. The summed E-state index contributed by atoms with van der Waals surface area (Å²) in [5.74, 6) is -4.32. The SMILES string of the molecule is COC(=O)[C@H](Cc1ccc(Br)c2c1CCCO2)NC(=O)c1c(F)cc(N[C@H](c2ccccc2)C(F)(F)F)cc1F. The lowest BCUT2D eigenvalue weighted by Gasteiger charge is -2.24. The number of benzene rings is 3. The molecule has 6 nitrogen and oxygen atoms in total. The first-order chi connectivity index (χ1) is 19.0. The predicted molar refractivity (Wildman–Crippen MR) is 140 cm³/mol. The summed E-state index contributed by atoms with van der Waals surface area (Å²) in [5, 5.41) is 4.39. The van der Waals surface area contributed by atoms with Gasteiger partial charge in [-0.15, -0.1) is 0 Å². The van der Waals surface area contributed by atoms with Crippen molar-refractivity contribution in [3.05, 3.63) is 93.0 Å². The molecule has 1 aliphatic heterocycles. The molecular formula is C28H24BrF5N2O4. The van der Waals surface area contributed by atoms with Crippen molar-refractivity contribution in [3.63, 3.8) is 0 Å². The molecule has 3 aromatic rings. The minimum Gasteiger partial charge on any atom is -0.492 e. The number of nitrogens with one attached hydrogen (secondary N) is 2. The van der Waals surface area contributed by atoms with Crippen LogP contribution in [0.15, 0.2) is 59.1 Å². The van der Waals surface area contributed by atoms with Crippen LogP contribution in [-0.2, 0) is 22.4 Å². The van der Waals surface area contributed by atoms with Gasteiger partial charge in [-0.2, -0.15) is 13.2 Å². The van der Waals surface area contributed by atoms with E-state index in [1.807, 2.05) is 0 Å². The number of carbonyl (C=O) groups is 2. The molecule has 40 heavy (non-hydrogen) atoms. The second-order valence-electron chi connectivity index (χ2n) is 9.06. The van der Waals surface area contributed by atoms with Crippen molar-refractivity contribution in [2.24, 2.45) is 0 Å². The molecule has 0 spiro atoms. The summed E-state index contributed by atoms with van der Waals surface area (Å²) in [6.07, 6.45) is -3.44. The van der Waals surface area contributed by atoms with Crippen LogP contribution >= 0.6 is 15.9 Å². The van der Waals surface area contributed by atoms with Gasteiger partial charge in [-0.3, -0.25) is 4.79 Å². The molecular weight excluding hydrogens is 603 g/mol. The molecule has 0 saturated carbocycles. The standard InChI is InChI=1S/C28H24BrF5N2O4/c1-39-27(38)22(12-16-9-10-19(29)24-18(16)8-5-11-40-24)36-26(37)23-20(30)13-17(14-21(23)31)35-25(28(32,33)34)15-6-3-2-4-7-15/h2-4,6-7,9-10,13-14,22,25,35H,5,8,11-12H2,1H3,(H,36,37)/t22-,25+/m0/s1. The van der Waals surface area contributed by atoms with Crippen LogP contribution < -0.4 is 15.4 Å². The number of carbonyl (C=O) groups excluding carboxylic acids is 2. The summed E-state index contributed by atoms with van der Waals surface area (Å²) < 4.78 is 82.3. The highest BCUT2D eigenvalue weighted by Crippen LogP contribution is 2.37. The highest BCUT2D eigenvalue weighted by atomic mass is 79.9. The number of rotatable bonds is 8. The third-order valence-electron chi connectivity index (χ3n) is 6.38. The van der Waals surface area contributed by atoms with Crippen molar-refractivity contribution >= 4 is 33.5 Å². The number of hydrogen-bond acceptors (Lipinski definition) is 5. The summed E-state index contributed by atoms with van der Waals surface area (Å²) in [6.45, 7) is 0.519. The van der Waals surface area contributed by atoms with Gasteiger partial charge in [0.15, 0.2) is 0 Å². The smallest absolute Gasteiger partial charge is 0.412 e. The molecule has 0 fully saturated rings. The van der Waals surface area contributed by atoms with Crippen LogP contribution in [0, 0.1) is 11.6 Å². The molecule has 0 unspecified atom stereocenters. The van der Waals surface area contributed by atoms with Gasteiger partial charge in [0.25, 0.3) is 5.91 Å². The minimum atomic E-state index is -4.78. The van der Waals surface area contributed by atoms with Gasteiger partial charge in [0.05, 0.1) is 18.2 Å². The molecule has 2 atom stereocenters. The van der Waals surface area contributed by atoms with Crippen LogP contribution in [0.5, 0.6) is 5.75 Å². The number of esters is 1. The molecule has 0 aromatic heterocycles. The largest absolute Gasteiger partial charge is 0.492 e. The number of anilines is 1. The van der Waals surface area contributed by atoms with E-state index in [1.165, 1.54) is 30.3 Å². The third-order valence-corrected chi connectivity index (χ3v) is 7.01. The monoisotopic (exact) mass is 626 g/mol. The van der Waals surface area contributed by atoms with Gasteiger partial charge in [-0.25, -0.2) is 13.6 Å². The lowest BCUT2D eigenvalue weighted by atomic mass is 9.95. The van der Waals surface area contributed by atoms with E-state index in [2.05, 4.69) is 26.6 Å². The number of fused-ring (bicyclic) bond motifs is 1. The highest BCUT2D eigenvalue weighted by molar-refractivity contribution is 9.10. The van der Waals surface area contributed by atoms with Crippen molar-refractivity contribution in [1.82, 2.24) is 5.32 Å². The second-order valence-corrected chi connectivity index (χ2v) is 9.92. The second kappa shape index (κ2) is 12.2. The fraction of sp³-hybridized carbons (Fsp3) is 0.286. The molecule has 12 heteroatoms. The average Bonchev–Trinajstić information content (AvgIpc) is 2.92. The van der Waals surface area contributed by atoms with E-state index in [0.717, 1.165) is 23.6 Å². The first kappa shape index (κ1) is 29.3. The Balaban J connectivity index is 1.57. The Hall–Kier alpha value is -3.67. The number of hydrogen-bond donors (Lipinski definition) is 2. The first-order valence-electron chi connectivity index (χ1n) is 12.2. The van der Waals surface area contributed by atoms with Crippen LogP contribution in [0.3, 0.4) is 0 Å². The normalized spacial score (nSPS) is 14.4. The van der Waals surface area contributed by atoms with E-state index in [0.29, 0.717) is 36.5 Å². The number of ether oxygens (including phenoxy) is 2. The Labute approximate surface area is 235 Å². The zero-order valence-corrected chi connectivity index (χ0v) is 22.7. The molecule has 3 aromatic carbocycles. The topological polar surface area (TPSA) is 76.7 Å². The van der Waals surface area contributed by atoms with Gasteiger partial charge in [0.1, 0.15) is 35.0 Å². The molecule has 4 rings (SSSR count). The summed E-state index contributed by atoms with van der Waals surface area (Å²) in [7, 11) is 1.10. The first-order valence-corrected chi connectivity index (χ1v) is 13.0. The molecule has 1 aliphatic rings. The lowest BCUT2D eigenvalue weighted by Crippen LogP contribution is -2.43. The average molecular weight is 627 g/mol. The molecule has 0 saturated heterocycles. The van der Waals surface area contributed by atoms with Crippen molar-refractivity contribution in [1.29, 1.82) is 0 Å². The number of methoxy groups -OCH3 is 1. The van der Waals surface area contributed by atoms with Crippen molar-refractivity contribution in [2.75, 3.05) is 19.0 Å². The molecule has 0 aliphatic carbocycles. The molecule has 2 N–H and O–H groups in total.